The first kappa shape index (κ1) is 33.8. The summed E-state index contributed by atoms with van der Waals surface area (Å²) in [5.41, 5.74) is 0. The molecule has 1 amide bonds. The highest BCUT2D eigenvalue weighted by atomic mass is 32.2. The molecule has 0 saturated carbocycles. The van der Waals surface area contributed by atoms with E-state index in [0.29, 0.717) is 6.42 Å². The molecule has 0 fully saturated rings. The fraction of sp³-hybridized carbons (Fsp3) is 0.833. The molecule has 0 saturated heterocycles. The maximum Gasteiger partial charge on any atom is 0.513 e. The predicted molar refractivity (Wildman–Crippen MR) is 133 cm³/mol. The van der Waals surface area contributed by atoms with E-state index in [4.69, 9.17) is 10.2 Å². The van der Waals surface area contributed by atoms with Crippen molar-refractivity contribution >= 4 is 34.3 Å². The lowest BCUT2D eigenvalue weighted by Crippen LogP contribution is -2.40. The van der Waals surface area contributed by atoms with Gasteiger partial charge in [0.1, 0.15) is 0 Å². The number of carbonyl (C=O) groups excluding carboxylic acids is 2. The number of unbranched alkanes of at least 4 members (excludes halogenated alkanes) is 15. The Morgan fingerprint density at radius 3 is 1.44 bits per heavy atom. The minimum atomic E-state index is -4.98. The van der Waals surface area contributed by atoms with Crippen LogP contribution in [0.5, 0.6) is 0 Å². The van der Waals surface area contributed by atoms with E-state index in [1.165, 1.54) is 64.2 Å². The Bertz CT molecular complexity index is 769. The minimum Gasteiger partial charge on any atom is -0.481 e. The highest BCUT2D eigenvalue weighted by molar-refractivity contribution is 7.84. The molecule has 0 aliphatic rings. The lowest BCUT2D eigenvalue weighted by molar-refractivity contribution is -0.158. The van der Waals surface area contributed by atoms with Gasteiger partial charge < -0.3 is 14.9 Å². The number of aliphatic carboxylic acids is 1. The Balaban J connectivity index is 4.14. The summed E-state index contributed by atoms with van der Waals surface area (Å²) in [6, 6.07) is 0. The molecule has 1 unspecified atom stereocenters. The molecule has 3 N–H and O–H groups in total. The van der Waals surface area contributed by atoms with Crippen LogP contribution in [-0.4, -0.2) is 58.0 Å². The molecule has 210 valence electrons. The summed E-state index contributed by atoms with van der Waals surface area (Å²) >= 11 is 0. The topological polar surface area (TPSA) is 176 Å². The van der Waals surface area contributed by atoms with Crippen molar-refractivity contribution in [2.45, 2.75) is 116 Å². The van der Waals surface area contributed by atoms with E-state index in [-0.39, 0.29) is 17.3 Å². The largest absolute Gasteiger partial charge is 0.513 e. The Hall–Kier alpha value is -2.21. The average Bonchev–Trinajstić information content (AvgIpc) is 2.77. The number of carbonyl (C=O) groups is 4. The third-order valence-corrected chi connectivity index (χ3v) is 6.86. The van der Waals surface area contributed by atoms with Gasteiger partial charge in [0, 0.05) is 6.54 Å². The monoisotopic (exact) mass is 537 g/mol. The molecule has 0 aromatic heterocycles. The smallest absolute Gasteiger partial charge is 0.481 e. The van der Waals surface area contributed by atoms with Gasteiger partial charge in [-0.25, -0.2) is 9.10 Å². The zero-order chi connectivity index (χ0) is 27.4. The first-order valence-corrected chi connectivity index (χ1v) is 14.4. The molecule has 12 heteroatoms. The first-order valence-electron chi connectivity index (χ1n) is 13.0. The second-order valence-electron chi connectivity index (χ2n) is 9.03. The number of carboxylic acid groups (broad SMARTS) is 2. The van der Waals surface area contributed by atoms with Crippen molar-refractivity contribution in [1.29, 1.82) is 0 Å². The van der Waals surface area contributed by atoms with Crippen molar-refractivity contribution in [3.05, 3.63) is 0 Å². The van der Waals surface area contributed by atoms with Crippen LogP contribution in [0.25, 0.3) is 0 Å². The molecule has 0 aliphatic carbocycles. The van der Waals surface area contributed by atoms with Gasteiger partial charge in [0.2, 0.25) is 5.91 Å². The number of esters is 1. The number of nitrogens with zero attached hydrogens (tertiary/aromatic N) is 1. The summed E-state index contributed by atoms with van der Waals surface area (Å²) in [4.78, 5) is 45.4. The van der Waals surface area contributed by atoms with Crippen LogP contribution in [0.3, 0.4) is 0 Å². The van der Waals surface area contributed by atoms with E-state index in [0.717, 1.165) is 25.7 Å². The van der Waals surface area contributed by atoms with E-state index in [2.05, 4.69) is 11.7 Å². The number of amides is 1. The van der Waals surface area contributed by atoms with E-state index >= 15 is 0 Å². The van der Waals surface area contributed by atoms with Crippen LogP contribution in [-0.2, 0) is 29.4 Å². The van der Waals surface area contributed by atoms with Gasteiger partial charge in [-0.05, 0) is 6.42 Å². The highest BCUT2D eigenvalue weighted by Gasteiger charge is 2.36. The van der Waals surface area contributed by atoms with Gasteiger partial charge in [0.15, 0.2) is 5.92 Å². The van der Waals surface area contributed by atoms with Crippen molar-refractivity contribution in [2.75, 3.05) is 6.54 Å². The zero-order valence-corrected chi connectivity index (χ0v) is 22.2. The summed E-state index contributed by atoms with van der Waals surface area (Å²) in [6.45, 7) is 1.84. The fourth-order valence-corrected chi connectivity index (χ4v) is 4.57. The molecule has 0 spiro atoms. The number of carboxylic acids is 1. The maximum absolute atomic E-state index is 12.3. The van der Waals surface area contributed by atoms with E-state index in [1.54, 1.807) is 0 Å². The van der Waals surface area contributed by atoms with Crippen LogP contribution in [0, 0.1) is 5.92 Å². The molecule has 1 atom stereocenters. The normalized spacial score (nSPS) is 12.2. The fourth-order valence-electron chi connectivity index (χ4n) is 3.88. The highest BCUT2D eigenvalue weighted by Crippen LogP contribution is 2.16. The number of hydrogen-bond acceptors (Lipinski definition) is 7. The summed E-state index contributed by atoms with van der Waals surface area (Å²) in [7, 11) is -4.98. The molecule has 0 aromatic carbocycles. The van der Waals surface area contributed by atoms with Gasteiger partial charge in [-0.2, -0.15) is 8.42 Å². The van der Waals surface area contributed by atoms with Crippen molar-refractivity contribution < 1.29 is 47.1 Å². The number of ether oxygens (including phenoxy) is 1. The SMILES string of the molecule is CCCCCCCCCCCCCCCCCCN(C(=O)CC(C(=O)O)C(=O)OC(=O)O)S(=O)(=O)O. The average molecular weight is 538 g/mol. The van der Waals surface area contributed by atoms with Gasteiger partial charge >= 0.3 is 28.4 Å². The number of hydrogen-bond donors (Lipinski definition) is 3. The lowest BCUT2D eigenvalue weighted by Gasteiger charge is -2.20. The van der Waals surface area contributed by atoms with E-state index < -0.39 is 46.6 Å². The van der Waals surface area contributed by atoms with Crippen LogP contribution < -0.4 is 0 Å². The van der Waals surface area contributed by atoms with Crippen LogP contribution >= 0.6 is 0 Å². The van der Waals surface area contributed by atoms with Gasteiger partial charge in [-0.1, -0.05) is 103 Å². The Morgan fingerprint density at radius 1 is 0.722 bits per heavy atom. The molecule has 36 heavy (non-hydrogen) atoms. The van der Waals surface area contributed by atoms with E-state index in [1.807, 2.05) is 0 Å². The molecule has 0 aromatic rings. The summed E-state index contributed by atoms with van der Waals surface area (Å²) in [5, 5.41) is 17.5. The quantitative estimate of drug-likeness (QED) is 0.0720. The summed E-state index contributed by atoms with van der Waals surface area (Å²) in [5.74, 6) is -7.13. The van der Waals surface area contributed by atoms with Gasteiger partial charge in [-0.3, -0.25) is 18.9 Å². The second kappa shape index (κ2) is 19.9. The minimum absolute atomic E-state index is 0.0980. The Morgan fingerprint density at radius 2 is 1.11 bits per heavy atom. The van der Waals surface area contributed by atoms with Crippen LogP contribution in [0.4, 0.5) is 4.79 Å². The zero-order valence-electron chi connectivity index (χ0n) is 21.4. The first-order chi connectivity index (χ1) is 17.0. The Kier molecular flexibility index (Phi) is 18.7. The molecule has 0 aliphatic heterocycles. The molecule has 0 rings (SSSR count). The number of rotatable bonds is 22. The molecular formula is C24H43NO10S. The van der Waals surface area contributed by atoms with Crippen LogP contribution in [0.1, 0.15) is 116 Å². The van der Waals surface area contributed by atoms with Crippen molar-refractivity contribution in [2.24, 2.45) is 5.92 Å². The molecule has 11 nitrogen and oxygen atoms in total. The summed E-state index contributed by atoms with van der Waals surface area (Å²) in [6.07, 6.45) is 14.5. The maximum atomic E-state index is 12.3. The lowest BCUT2D eigenvalue weighted by atomic mass is 10.0. The Labute approximate surface area is 214 Å². The molecule has 0 radical (unpaired) electrons. The third kappa shape index (κ3) is 17.3. The van der Waals surface area contributed by atoms with Crippen molar-refractivity contribution in [1.82, 2.24) is 4.31 Å². The summed E-state index contributed by atoms with van der Waals surface area (Å²) < 4.78 is 36.3. The van der Waals surface area contributed by atoms with E-state index in [9.17, 15) is 32.1 Å². The van der Waals surface area contributed by atoms with Gasteiger partial charge in [-0.15, -0.1) is 0 Å². The standard InChI is InChI=1S/C24H43NO10S/c1-2-3-4-5-6-7-8-9-10-11-12-13-14-15-16-17-18-25(36(32,33)34)21(26)19-20(22(27)28)23(29)35-24(30)31/h20H,2-19H2,1H3,(H,27,28)(H,30,31)(H,32,33,34). The van der Waals surface area contributed by atoms with Gasteiger partial charge in [0.05, 0.1) is 6.42 Å². The predicted octanol–water partition coefficient (Wildman–Crippen LogP) is 5.19. The molecule has 0 heterocycles. The molecule has 0 bridgehead atoms. The van der Waals surface area contributed by atoms with Crippen molar-refractivity contribution in [3.63, 3.8) is 0 Å². The van der Waals surface area contributed by atoms with Crippen LogP contribution in [0.2, 0.25) is 0 Å². The molecular weight excluding hydrogens is 494 g/mol. The second-order valence-corrected chi connectivity index (χ2v) is 10.4. The van der Waals surface area contributed by atoms with Crippen LogP contribution in [0.15, 0.2) is 0 Å². The third-order valence-electron chi connectivity index (χ3n) is 5.92. The van der Waals surface area contributed by atoms with Crippen molar-refractivity contribution in [3.8, 4) is 0 Å². The van der Waals surface area contributed by atoms with Gasteiger partial charge in [0.25, 0.3) is 0 Å².